The SMILES string of the molecule is CC([S])(Br)CBr. The number of halogens is 2. The molecule has 6 heavy (non-hydrogen) atoms. The molecular formula is C3H5Br2S. The van der Waals surface area contributed by atoms with Crippen LogP contribution in [0.25, 0.3) is 0 Å². The van der Waals surface area contributed by atoms with Crippen molar-refractivity contribution in [2.75, 3.05) is 5.33 Å². The van der Waals surface area contributed by atoms with Crippen LogP contribution in [0.5, 0.6) is 0 Å². The van der Waals surface area contributed by atoms with E-state index >= 15 is 0 Å². The Morgan fingerprint density at radius 3 is 2.00 bits per heavy atom. The highest BCUT2D eigenvalue weighted by atomic mass is 79.9. The number of hydrogen-bond acceptors (Lipinski definition) is 0. The van der Waals surface area contributed by atoms with E-state index in [2.05, 4.69) is 31.9 Å². The quantitative estimate of drug-likeness (QED) is 0.610. The monoisotopic (exact) mass is 231 g/mol. The van der Waals surface area contributed by atoms with Gasteiger partial charge in [-0.1, -0.05) is 44.5 Å². The Balaban J connectivity index is 3.17. The smallest absolute Gasteiger partial charge is 0.0880 e. The highest BCUT2D eigenvalue weighted by molar-refractivity contribution is 9.13. The van der Waals surface area contributed by atoms with Crippen molar-refractivity contribution in [1.29, 1.82) is 0 Å². The van der Waals surface area contributed by atoms with E-state index in [1.54, 1.807) is 0 Å². The lowest BCUT2D eigenvalue weighted by Gasteiger charge is -2.05. The third-order valence-electron chi connectivity index (χ3n) is 0.239. The van der Waals surface area contributed by atoms with Crippen LogP contribution in [0.15, 0.2) is 0 Å². The molecule has 0 fully saturated rings. The number of alkyl halides is 2. The van der Waals surface area contributed by atoms with Gasteiger partial charge in [0.2, 0.25) is 0 Å². The first-order chi connectivity index (χ1) is 2.56. The third-order valence-corrected chi connectivity index (χ3v) is 2.91. The maximum Gasteiger partial charge on any atom is 0.0880 e. The molecule has 0 amide bonds. The van der Waals surface area contributed by atoms with Gasteiger partial charge in [0.25, 0.3) is 0 Å². The topological polar surface area (TPSA) is 0 Å². The summed E-state index contributed by atoms with van der Waals surface area (Å²) in [6, 6.07) is 0. The molecule has 0 spiro atoms. The van der Waals surface area contributed by atoms with E-state index in [0.717, 1.165) is 5.33 Å². The Bertz CT molecular complexity index is 38.5. The molecule has 0 saturated heterocycles. The number of rotatable bonds is 1. The molecule has 3 heteroatoms. The van der Waals surface area contributed by atoms with Crippen molar-refractivity contribution >= 4 is 44.5 Å². The molecule has 0 rings (SSSR count). The largest absolute Gasteiger partial charge is 0.0903 e. The van der Waals surface area contributed by atoms with E-state index in [9.17, 15) is 0 Å². The minimum absolute atomic E-state index is 0.146. The van der Waals surface area contributed by atoms with Gasteiger partial charge in [0.15, 0.2) is 0 Å². The lowest BCUT2D eigenvalue weighted by atomic mass is 10.6. The van der Waals surface area contributed by atoms with Gasteiger partial charge in [-0.3, -0.25) is 0 Å². The molecule has 0 N–H and O–H groups in total. The van der Waals surface area contributed by atoms with Crippen LogP contribution in [0.4, 0.5) is 0 Å². The molecule has 0 bridgehead atoms. The fraction of sp³-hybridized carbons (Fsp3) is 1.00. The summed E-state index contributed by atoms with van der Waals surface area (Å²) in [5, 5.41) is 0.815. The predicted octanol–water partition coefficient (Wildman–Crippen LogP) is 2.69. The van der Waals surface area contributed by atoms with Gasteiger partial charge in [-0.15, -0.1) is 0 Å². The van der Waals surface area contributed by atoms with Crippen molar-refractivity contribution < 1.29 is 0 Å². The van der Waals surface area contributed by atoms with E-state index in [0.29, 0.717) is 0 Å². The van der Waals surface area contributed by atoms with Crippen LogP contribution in [0.3, 0.4) is 0 Å². The molecular weight excluding hydrogens is 228 g/mol. The summed E-state index contributed by atoms with van der Waals surface area (Å²) in [7, 11) is 0. The average Bonchev–Trinajstić information content (AvgIpc) is 1.35. The molecule has 0 saturated carbocycles. The molecule has 0 nitrogen and oxygen atoms in total. The van der Waals surface area contributed by atoms with Crippen LogP contribution in [0.1, 0.15) is 6.92 Å². The molecule has 0 aliphatic carbocycles. The Labute approximate surface area is 60.4 Å². The summed E-state index contributed by atoms with van der Waals surface area (Å²) in [6.45, 7) is 1.93. The minimum Gasteiger partial charge on any atom is -0.0903 e. The maximum atomic E-state index is 4.86. The summed E-state index contributed by atoms with van der Waals surface area (Å²) < 4.78 is -0.146. The zero-order valence-corrected chi connectivity index (χ0v) is 7.36. The van der Waals surface area contributed by atoms with Crippen molar-refractivity contribution in [1.82, 2.24) is 0 Å². The number of hydrogen-bond donors (Lipinski definition) is 0. The van der Waals surface area contributed by atoms with Gasteiger partial charge < -0.3 is 0 Å². The summed E-state index contributed by atoms with van der Waals surface area (Å²) in [4.78, 5) is 0. The van der Waals surface area contributed by atoms with Crippen molar-refractivity contribution in [2.24, 2.45) is 0 Å². The second-order valence-corrected chi connectivity index (χ2v) is 4.97. The fourth-order valence-electron chi connectivity index (χ4n) is 0. The van der Waals surface area contributed by atoms with Gasteiger partial charge in [0, 0.05) is 5.33 Å². The molecule has 0 aromatic heterocycles. The van der Waals surface area contributed by atoms with Crippen molar-refractivity contribution in [3.63, 3.8) is 0 Å². The second-order valence-electron chi connectivity index (χ2n) is 1.24. The highest BCUT2D eigenvalue weighted by Gasteiger charge is 2.10. The van der Waals surface area contributed by atoms with Gasteiger partial charge in [-0.05, 0) is 6.92 Å². The third kappa shape index (κ3) is 5.31. The minimum atomic E-state index is -0.146. The molecule has 0 heterocycles. The van der Waals surface area contributed by atoms with E-state index in [1.165, 1.54) is 0 Å². The van der Waals surface area contributed by atoms with Crippen molar-refractivity contribution in [3.8, 4) is 0 Å². The van der Waals surface area contributed by atoms with Crippen molar-refractivity contribution in [2.45, 2.75) is 10.6 Å². The van der Waals surface area contributed by atoms with E-state index in [1.807, 2.05) is 6.92 Å². The van der Waals surface area contributed by atoms with Crippen LogP contribution in [-0.2, 0) is 0 Å². The molecule has 1 radical (unpaired) electrons. The fourth-order valence-corrected chi connectivity index (χ4v) is 0. The van der Waals surface area contributed by atoms with Crippen LogP contribution in [0, 0.1) is 0 Å². The first-order valence-electron chi connectivity index (χ1n) is 1.51. The van der Waals surface area contributed by atoms with Crippen LogP contribution < -0.4 is 0 Å². The molecule has 0 aromatic carbocycles. The van der Waals surface area contributed by atoms with Crippen LogP contribution in [0.2, 0.25) is 0 Å². The van der Waals surface area contributed by atoms with Gasteiger partial charge in [0.05, 0.1) is 3.66 Å². The zero-order valence-electron chi connectivity index (χ0n) is 3.37. The summed E-state index contributed by atoms with van der Waals surface area (Å²) in [5.41, 5.74) is 0. The second kappa shape index (κ2) is 2.58. The Morgan fingerprint density at radius 1 is 1.83 bits per heavy atom. The molecule has 0 aliphatic heterocycles. The first-order valence-corrected chi connectivity index (χ1v) is 3.84. The summed E-state index contributed by atoms with van der Waals surface area (Å²) in [6.07, 6.45) is 0. The normalized spacial score (nSPS) is 20.0. The van der Waals surface area contributed by atoms with Gasteiger partial charge in [-0.2, -0.15) is 0 Å². The van der Waals surface area contributed by atoms with Gasteiger partial charge in [0.1, 0.15) is 0 Å². The van der Waals surface area contributed by atoms with Crippen LogP contribution in [-0.4, -0.2) is 8.99 Å². The van der Waals surface area contributed by atoms with E-state index < -0.39 is 0 Å². The predicted molar refractivity (Wildman–Crippen MR) is 38.7 cm³/mol. The van der Waals surface area contributed by atoms with Crippen molar-refractivity contribution in [3.05, 3.63) is 0 Å². The summed E-state index contributed by atoms with van der Waals surface area (Å²) in [5.74, 6) is 0. The van der Waals surface area contributed by atoms with Gasteiger partial charge >= 0.3 is 0 Å². The Kier molecular flexibility index (Phi) is 3.14. The molecule has 1 atom stereocenters. The molecule has 1 unspecified atom stereocenters. The van der Waals surface area contributed by atoms with Gasteiger partial charge in [-0.25, -0.2) is 0 Å². The Hall–Kier alpha value is 1.31. The lowest BCUT2D eigenvalue weighted by molar-refractivity contribution is 1.09. The van der Waals surface area contributed by atoms with E-state index in [-0.39, 0.29) is 3.66 Å². The Morgan fingerprint density at radius 2 is 2.00 bits per heavy atom. The lowest BCUT2D eigenvalue weighted by Crippen LogP contribution is -2.05. The highest BCUT2D eigenvalue weighted by Crippen LogP contribution is 2.23. The molecule has 0 aromatic rings. The average molecular weight is 233 g/mol. The first kappa shape index (κ1) is 7.31. The zero-order chi connectivity index (χ0) is 5.21. The molecule has 0 aliphatic rings. The molecule has 37 valence electrons. The standard InChI is InChI=1S/C3H5Br2S/c1-3(5,6)2-4/h2H2,1H3. The van der Waals surface area contributed by atoms with Crippen LogP contribution >= 0.6 is 44.5 Å². The summed E-state index contributed by atoms with van der Waals surface area (Å²) >= 11 is 11.3. The van der Waals surface area contributed by atoms with E-state index in [4.69, 9.17) is 12.6 Å². The maximum absolute atomic E-state index is 4.86.